The maximum atomic E-state index is 12.7. The molecule has 1 atom stereocenters. The summed E-state index contributed by atoms with van der Waals surface area (Å²) in [5.74, 6) is -0.389. The summed E-state index contributed by atoms with van der Waals surface area (Å²) in [5.41, 5.74) is 4.70. The number of carbonyl (C=O) groups excluding carboxylic acids is 1. The van der Waals surface area contributed by atoms with E-state index in [-0.39, 0.29) is 11.8 Å². The second kappa shape index (κ2) is 8.68. The minimum absolute atomic E-state index is 0.178. The normalized spacial score (nSPS) is 14.3. The topological polar surface area (TPSA) is 66.8 Å². The van der Waals surface area contributed by atoms with Crippen LogP contribution >= 0.6 is 0 Å². The van der Waals surface area contributed by atoms with Gasteiger partial charge in [0.2, 0.25) is 5.91 Å². The lowest BCUT2D eigenvalue weighted by molar-refractivity contribution is -0.138. The number of carbonyl (C=O) groups is 2. The molecule has 2 aromatic carbocycles. The number of hydrogen-bond donors (Lipinski definition) is 1. The highest BCUT2D eigenvalue weighted by atomic mass is 16.5. The number of aliphatic carboxylic acids is 1. The van der Waals surface area contributed by atoms with E-state index in [2.05, 4.69) is 6.07 Å². The number of benzene rings is 2. The van der Waals surface area contributed by atoms with Crippen LogP contribution in [0.25, 0.3) is 11.1 Å². The predicted octanol–water partition coefficient (Wildman–Crippen LogP) is 4.62. The zero-order valence-corrected chi connectivity index (χ0v) is 17.6. The highest BCUT2D eigenvalue weighted by Gasteiger charge is 2.33. The fraction of sp³-hybridized carbons (Fsp3) is 0.417. The second-order valence-electron chi connectivity index (χ2n) is 7.81. The predicted molar refractivity (Wildman–Crippen MR) is 113 cm³/mol. The molecule has 0 saturated heterocycles. The largest absolute Gasteiger partial charge is 0.496 e. The van der Waals surface area contributed by atoms with Crippen molar-refractivity contribution in [1.82, 2.24) is 4.90 Å². The number of amides is 1. The summed E-state index contributed by atoms with van der Waals surface area (Å²) in [6.45, 7) is 6.91. The Morgan fingerprint density at radius 3 is 2.48 bits per heavy atom. The van der Waals surface area contributed by atoms with Crippen LogP contribution in [0.3, 0.4) is 0 Å². The lowest BCUT2D eigenvalue weighted by atomic mass is 9.92. The van der Waals surface area contributed by atoms with E-state index in [0.717, 1.165) is 40.7 Å². The number of carboxylic acid groups (broad SMARTS) is 1. The van der Waals surface area contributed by atoms with Gasteiger partial charge < -0.3 is 14.7 Å². The summed E-state index contributed by atoms with van der Waals surface area (Å²) in [6, 6.07) is 11.7. The molecular formula is C24H29NO4. The first kappa shape index (κ1) is 20.9. The van der Waals surface area contributed by atoms with E-state index in [1.807, 2.05) is 43.0 Å². The monoisotopic (exact) mass is 395 g/mol. The summed E-state index contributed by atoms with van der Waals surface area (Å²) in [4.78, 5) is 26.0. The van der Waals surface area contributed by atoms with Crippen molar-refractivity contribution in [1.29, 1.82) is 0 Å². The highest BCUT2D eigenvalue weighted by molar-refractivity contribution is 5.82. The summed E-state index contributed by atoms with van der Waals surface area (Å²) in [6.07, 6.45) is 1.97. The van der Waals surface area contributed by atoms with E-state index >= 15 is 0 Å². The molecule has 0 radical (unpaired) electrons. The fourth-order valence-corrected chi connectivity index (χ4v) is 3.60. The van der Waals surface area contributed by atoms with Crippen molar-refractivity contribution in [2.75, 3.05) is 13.7 Å². The van der Waals surface area contributed by atoms with Crippen molar-refractivity contribution >= 4 is 11.9 Å². The molecule has 0 aromatic heterocycles. The Hall–Kier alpha value is -2.82. The van der Waals surface area contributed by atoms with Crippen molar-refractivity contribution in [3.63, 3.8) is 0 Å². The molecule has 0 bridgehead atoms. The number of nitrogens with zero attached hydrogens (tertiary/aromatic N) is 1. The Morgan fingerprint density at radius 2 is 1.90 bits per heavy atom. The molecule has 29 heavy (non-hydrogen) atoms. The van der Waals surface area contributed by atoms with E-state index in [4.69, 9.17) is 4.74 Å². The SMILES string of the molecule is CCN(Cc1cc(C)ccc1-c1cc(C(C)C(=O)O)ccc1OC)C(=O)C1CC1. The van der Waals surface area contributed by atoms with Crippen LogP contribution in [0.1, 0.15) is 49.3 Å². The van der Waals surface area contributed by atoms with E-state index in [9.17, 15) is 14.7 Å². The highest BCUT2D eigenvalue weighted by Crippen LogP contribution is 2.37. The molecule has 1 saturated carbocycles. The van der Waals surface area contributed by atoms with Crippen LogP contribution in [-0.4, -0.2) is 35.5 Å². The first-order valence-electron chi connectivity index (χ1n) is 10.1. The van der Waals surface area contributed by atoms with Gasteiger partial charge in [-0.05, 0) is 62.4 Å². The molecule has 0 aliphatic heterocycles. The third kappa shape index (κ3) is 4.61. The number of aryl methyl sites for hydroxylation is 1. The number of ether oxygens (including phenoxy) is 1. The summed E-state index contributed by atoms with van der Waals surface area (Å²) < 4.78 is 5.58. The summed E-state index contributed by atoms with van der Waals surface area (Å²) in [7, 11) is 1.61. The van der Waals surface area contributed by atoms with Crippen molar-refractivity contribution in [3.05, 3.63) is 53.1 Å². The van der Waals surface area contributed by atoms with Crippen LogP contribution in [-0.2, 0) is 16.1 Å². The molecular weight excluding hydrogens is 366 g/mol. The third-order valence-electron chi connectivity index (χ3n) is 5.63. The minimum atomic E-state index is -0.863. The van der Waals surface area contributed by atoms with Crippen LogP contribution in [0, 0.1) is 12.8 Å². The van der Waals surface area contributed by atoms with E-state index in [1.54, 1.807) is 20.1 Å². The zero-order valence-electron chi connectivity index (χ0n) is 17.6. The number of rotatable bonds is 8. The molecule has 1 aliphatic carbocycles. The van der Waals surface area contributed by atoms with Crippen LogP contribution in [0.2, 0.25) is 0 Å². The molecule has 1 amide bonds. The molecule has 5 nitrogen and oxygen atoms in total. The average Bonchev–Trinajstić information content (AvgIpc) is 3.56. The molecule has 1 N–H and O–H groups in total. The molecule has 2 aromatic rings. The smallest absolute Gasteiger partial charge is 0.310 e. The number of hydrogen-bond acceptors (Lipinski definition) is 3. The van der Waals surface area contributed by atoms with Gasteiger partial charge in [-0.1, -0.05) is 29.8 Å². The van der Waals surface area contributed by atoms with E-state index < -0.39 is 11.9 Å². The first-order valence-corrected chi connectivity index (χ1v) is 10.1. The third-order valence-corrected chi connectivity index (χ3v) is 5.63. The van der Waals surface area contributed by atoms with Gasteiger partial charge in [0.15, 0.2) is 0 Å². The van der Waals surface area contributed by atoms with Gasteiger partial charge in [-0.15, -0.1) is 0 Å². The molecule has 1 fully saturated rings. The molecule has 3 rings (SSSR count). The van der Waals surface area contributed by atoms with Gasteiger partial charge in [-0.3, -0.25) is 9.59 Å². The van der Waals surface area contributed by atoms with Gasteiger partial charge >= 0.3 is 5.97 Å². The Morgan fingerprint density at radius 1 is 1.17 bits per heavy atom. The maximum Gasteiger partial charge on any atom is 0.310 e. The van der Waals surface area contributed by atoms with E-state index in [1.165, 1.54) is 0 Å². The van der Waals surface area contributed by atoms with Crippen LogP contribution in [0.4, 0.5) is 0 Å². The lowest BCUT2D eigenvalue weighted by Crippen LogP contribution is -2.31. The quantitative estimate of drug-likeness (QED) is 0.708. The summed E-state index contributed by atoms with van der Waals surface area (Å²) in [5, 5.41) is 9.41. The second-order valence-corrected chi connectivity index (χ2v) is 7.81. The minimum Gasteiger partial charge on any atom is -0.496 e. The van der Waals surface area contributed by atoms with Crippen molar-refractivity contribution in [3.8, 4) is 16.9 Å². The van der Waals surface area contributed by atoms with Crippen LogP contribution in [0.15, 0.2) is 36.4 Å². The molecule has 154 valence electrons. The fourth-order valence-electron chi connectivity index (χ4n) is 3.60. The first-order chi connectivity index (χ1) is 13.8. The Kier molecular flexibility index (Phi) is 6.26. The van der Waals surface area contributed by atoms with Gasteiger partial charge in [0, 0.05) is 24.6 Å². The van der Waals surface area contributed by atoms with Crippen LogP contribution in [0.5, 0.6) is 5.75 Å². The van der Waals surface area contributed by atoms with Gasteiger partial charge in [0.05, 0.1) is 13.0 Å². The molecule has 1 aliphatic rings. The van der Waals surface area contributed by atoms with Crippen molar-refractivity contribution in [2.45, 2.75) is 46.1 Å². The molecule has 1 unspecified atom stereocenters. The Bertz CT molecular complexity index is 917. The molecule has 5 heteroatoms. The summed E-state index contributed by atoms with van der Waals surface area (Å²) >= 11 is 0. The zero-order chi connectivity index (χ0) is 21.1. The van der Waals surface area contributed by atoms with Crippen molar-refractivity contribution < 1.29 is 19.4 Å². The van der Waals surface area contributed by atoms with Gasteiger partial charge in [0.1, 0.15) is 5.75 Å². The van der Waals surface area contributed by atoms with Crippen LogP contribution < -0.4 is 4.74 Å². The average molecular weight is 395 g/mol. The lowest BCUT2D eigenvalue weighted by Gasteiger charge is -2.24. The Labute approximate surface area is 172 Å². The molecule has 0 heterocycles. The Balaban J connectivity index is 2.05. The van der Waals surface area contributed by atoms with Gasteiger partial charge in [-0.2, -0.15) is 0 Å². The number of carboxylic acids is 1. The van der Waals surface area contributed by atoms with Gasteiger partial charge in [0.25, 0.3) is 0 Å². The molecule has 0 spiro atoms. The van der Waals surface area contributed by atoms with Crippen molar-refractivity contribution in [2.24, 2.45) is 5.92 Å². The van der Waals surface area contributed by atoms with E-state index in [0.29, 0.717) is 18.8 Å². The maximum absolute atomic E-state index is 12.7. The standard InChI is InChI=1S/C24H29NO4/c1-5-25(23(26)17-7-8-17)14-19-12-15(2)6-10-20(19)21-13-18(16(3)24(27)28)9-11-22(21)29-4/h6,9-13,16-17H,5,7-8,14H2,1-4H3,(H,27,28). The van der Waals surface area contributed by atoms with Gasteiger partial charge in [-0.25, -0.2) is 0 Å². The number of methoxy groups -OCH3 is 1.